The molecule has 1 atom stereocenters. The molecule has 2 aromatic rings. The third-order valence-electron chi connectivity index (χ3n) is 3.31. The van der Waals surface area contributed by atoms with Crippen molar-refractivity contribution in [1.29, 1.82) is 0 Å². The van der Waals surface area contributed by atoms with Crippen LogP contribution in [0.25, 0.3) is 0 Å². The lowest BCUT2D eigenvalue weighted by Crippen LogP contribution is -2.33. The second-order valence-electron chi connectivity index (χ2n) is 4.57. The van der Waals surface area contributed by atoms with Gasteiger partial charge in [0.1, 0.15) is 5.82 Å². The van der Waals surface area contributed by atoms with Crippen LogP contribution in [0.4, 0.5) is 10.1 Å². The molecule has 0 aliphatic heterocycles. The molecule has 2 N–H and O–H groups in total. The van der Waals surface area contributed by atoms with Gasteiger partial charge in [-0.15, -0.1) is 0 Å². The lowest BCUT2D eigenvalue weighted by Gasteiger charge is -2.32. The fourth-order valence-electron chi connectivity index (χ4n) is 2.39. The Morgan fingerprint density at radius 2 is 1.95 bits per heavy atom. The van der Waals surface area contributed by atoms with Crippen molar-refractivity contribution in [3.05, 3.63) is 64.4 Å². The molecule has 0 aromatic heterocycles. The van der Waals surface area contributed by atoms with Gasteiger partial charge < -0.3 is 10.6 Å². The molecular weight excluding hydrogens is 319 g/mol. The Labute approximate surface area is 127 Å². The van der Waals surface area contributed by atoms with Gasteiger partial charge in [-0.1, -0.05) is 34.1 Å². The second kappa shape index (κ2) is 6.86. The quantitative estimate of drug-likeness (QED) is 0.889. The molecule has 4 heteroatoms. The Bertz CT molecular complexity index is 522. The van der Waals surface area contributed by atoms with Crippen molar-refractivity contribution in [2.45, 2.75) is 13.0 Å². The maximum absolute atomic E-state index is 13.4. The minimum absolute atomic E-state index is 0.0271. The summed E-state index contributed by atoms with van der Waals surface area (Å²) < 4.78 is 14.4. The standard InChI is InChI=1S/C16H18BrFN2/c1-2-20(15-8-4-7-14(18)10-15)16(11-19)12-5-3-6-13(17)9-12/h3-10,16H,2,11,19H2,1H3. The summed E-state index contributed by atoms with van der Waals surface area (Å²) in [5.41, 5.74) is 7.92. The Morgan fingerprint density at radius 1 is 1.20 bits per heavy atom. The molecule has 0 saturated carbocycles. The minimum Gasteiger partial charge on any atom is -0.363 e. The van der Waals surface area contributed by atoms with Gasteiger partial charge in [-0.05, 0) is 42.8 Å². The van der Waals surface area contributed by atoms with E-state index in [1.54, 1.807) is 12.1 Å². The van der Waals surface area contributed by atoms with Gasteiger partial charge in [0.05, 0.1) is 6.04 Å². The van der Waals surface area contributed by atoms with Crippen LogP contribution in [0.2, 0.25) is 0 Å². The van der Waals surface area contributed by atoms with Crippen LogP contribution in [0.3, 0.4) is 0 Å². The SMILES string of the molecule is CCN(c1cccc(F)c1)C(CN)c1cccc(Br)c1. The number of rotatable bonds is 5. The number of anilines is 1. The Kier molecular flexibility index (Phi) is 5.15. The fraction of sp³-hybridized carbons (Fsp3) is 0.250. The number of hydrogen-bond donors (Lipinski definition) is 1. The molecule has 0 aliphatic carbocycles. The van der Waals surface area contributed by atoms with Gasteiger partial charge in [0.25, 0.3) is 0 Å². The Morgan fingerprint density at radius 3 is 2.55 bits per heavy atom. The zero-order valence-electron chi connectivity index (χ0n) is 11.4. The first kappa shape index (κ1) is 15.0. The van der Waals surface area contributed by atoms with Crippen LogP contribution in [-0.2, 0) is 0 Å². The average molecular weight is 337 g/mol. The summed E-state index contributed by atoms with van der Waals surface area (Å²) in [6, 6.07) is 14.7. The molecule has 0 spiro atoms. The van der Waals surface area contributed by atoms with Gasteiger partial charge in [0.2, 0.25) is 0 Å². The van der Waals surface area contributed by atoms with E-state index in [-0.39, 0.29) is 11.9 Å². The maximum atomic E-state index is 13.4. The summed E-state index contributed by atoms with van der Waals surface area (Å²) in [5.74, 6) is -0.231. The van der Waals surface area contributed by atoms with Crippen LogP contribution in [0.5, 0.6) is 0 Å². The van der Waals surface area contributed by atoms with E-state index in [9.17, 15) is 4.39 Å². The second-order valence-corrected chi connectivity index (χ2v) is 5.49. The van der Waals surface area contributed by atoms with Crippen LogP contribution in [0.1, 0.15) is 18.5 Å². The van der Waals surface area contributed by atoms with E-state index in [0.29, 0.717) is 6.54 Å². The van der Waals surface area contributed by atoms with Crippen molar-refractivity contribution in [2.75, 3.05) is 18.0 Å². The van der Waals surface area contributed by atoms with Gasteiger partial charge >= 0.3 is 0 Å². The highest BCUT2D eigenvalue weighted by molar-refractivity contribution is 9.10. The number of nitrogens with two attached hydrogens (primary N) is 1. The molecular formula is C16H18BrFN2. The molecule has 0 aliphatic rings. The van der Waals surface area contributed by atoms with Gasteiger partial charge in [-0.25, -0.2) is 4.39 Å². The molecule has 1 unspecified atom stereocenters. The van der Waals surface area contributed by atoms with Crippen LogP contribution in [0, 0.1) is 5.82 Å². The van der Waals surface area contributed by atoms with Crippen LogP contribution in [0.15, 0.2) is 53.0 Å². The predicted octanol–water partition coefficient (Wildman–Crippen LogP) is 4.11. The van der Waals surface area contributed by atoms with Crippen LogP contribution < -0.4 is 10.6 Å². The highest BCUT2D eigenvalue weighted by Gasteiger charge is 2.18. The van der Waals surface area contributed by atoms with E-state index in [0.717, 1.165) is 22.3 Å². The lowest BCUT2D eigenvalue weighted by molar-refractivity contribution is 0.616. The molecule has 20 heavy (non-hydrogen) atoms. The number of likely N-dealkylation sites (N-methyl/N-ethyl adjacent to an activating group) is 1. The Balaban J connectivity index is 2.37. The molecule has 0 radical (unpaired) electrons. The summed E-state index contributed by atoms with van der Waals surface area (Å²) in [5, 5.41) is 0. The number of nitrogens with zero attached hydrogens (tertiary/aromatic N) is 1. The van der Waals surface area contributed by atoms with E-state index in [1.165, 1.54) is 6.07 Å². The zero-order valence-corrected chi connectivity index (χ0v) is 13.0. The fourth-order valence-corrected chi connectivity index (χ4v) is 2.81. The van der Waals surface area contributed by atoms with Crippen molar-refractivity contribution >= 4 is 21.6 Å². The summed E-state index contributed by atoms with van der Waals surface area (Å²) in [6.45, 7) is 3.28. The van der Waals surface area contributed by atoms with E-state index in [1.807, 2.05) is 31.2 Å². The normalized spacial score (nSPS) is 12.2. The summed E-state index contributed by atoms with van der Waals surface area (Å²) >= 11 is 3.48. The van der Waals surface area contributed by atoms with Crippen molar-refractivity contribution in [3.63, 3.8) is 0 Å². The predicted molar refractivity (Wildman–Crippen MR) is 85.4 cm³/mol. The molecule has 106 valence electrons. The summed E-state index contributed by atoms with van der Waals surface area (Å²) in [7, 11) is 0. The molecule has 2 aromatic carbocycles. The Hall–Kier alpha value is -1.39. The highest BCUT2D eigenvalue weighted by atomic mass is 79.9. The molecule has 0 saturated heterocycles. The number of halogens is 2. The first-order valence-electron chi connectivity index (χ1n) is 6.63. The van der Waals surface area contributed by atoms with Crippen LogP contribution >= 0.6 is 15.9 Å². The topological polar surface area (TPSA) is 29.3 Å². The van der Waals surface area contributed by atoms with Crippen LogP contribution in [-0.4, -0.2) is 13.1 Å². The first-order valence-corrected chi connectivity index (χ1v) is 7.42. The monoisotopic (exact) mass is 336 g/mol. The maximum Gasteiger partial charge on any atom is 0.125 e. The van der Waals surface area contributed by atoms with E-state index in [2.05, 4.69) is 26.9 Å². The van der Waals surface area contributed by atoms with Gasteiger partial charge in [-0.3, -0.25) is 0 Å². The molecule has 0 heterocycles. The summed E-state index contributed by atoms with van der Waals surface area (Å²) in [4.78, 5) is 2.12. The third kappa shape index (κ3) is 3.38. The van der Waals surface area contributed by atoms with Crippen molar-refractivity contribution < 1.29 is 4.39 Å². The lowest BCUT2D eigenvalue weighted by atomic mass is 10.0. The number of hydrogen-bond acceptors (Lipinski definition) is 2. The van der Waals surface area contributed by atoms with Crippen molar-refractivity contribution in [1.82, 2.24) is 0 Å². The molecule has 0 bridgehead atoms. The largest absolute Gasteiger partial charge is 0.363 e. The molecule has 0 fully saturated rings. The highest BCUT2D eigenvalue weighted by Crippen LogP contribution is 2.28. The number of benzene rings is 2. The van der Waals surface area contributed by atoms with Gasteiger partial charge in [0, 0.05) is 23.2 Å². The van der Waals surface area contributed by atoms with Crippen molar-refractivity contribution in [2.24, 2.45) is 5.73 Å². The zero-order chi connectivity index (χ0) is 14.5. The minimum atomic E-state index is -0.231. The molecule has 2 rings (SSSR count). The van der Waals surface area contributed by atoms with Gasteiger partial charge in [-0.2, -0.15) is 0 Å². The van der Waals surface area contributed by atoms with E-state index in [4.69, 9.17) is 5.73 Å². The third-order valence-corrected chi connectivity index (χ3v) is 3.81. The first-order chi connectivity index (χ1) is 9.65. The van der Waals surface area contributed by atoms with E-state index >= 15 is 0 Å². The van der Waals surface area contributed by atoms with Crippen molar-refractivity contribution in [3.8, 4) is 0 Å². The molecule has 0 amide bonds. The van der Waals surface area contributed by atoms with E-state index < -0.39 is 0 Å². The molecule has 2 nitrogen and oxygen atoms in total. The smallest absolute Gasteiger partial charge is 0.125 e. The average Bonchev–Trinajstić information content (AvgIpc) is 2.44. The summed E-state index contributed by atoms with van der Waals surface area (Å²) in [6.07, 6.45) is 0. The van der Waals surface area contributed by atoms with Gasteiger partial charge in [0.15, 0.2) is 0 Å².